The minimum Gasteiger partial charge on any atom is -0.444 e. The molecule has 0 aliphatic carbocycles. The van der Waals surface area contributed by atoms with E-state index in [1.807, 2.05) is 77.3 Å². The van der Waals surface area contributed by atoms with Crippen LogP contribution in [0.1, 0.15) is 40.0 Å². The average molecular weight is 529 g/mol. The number of benzene rings is 1. The van der Waals surface area contributed by atoms with Crippen LogP contribution in [0.3, 0.4) is 0 Å². The van der Waals surface area contributed by atoms with Crippen molar-refractivity contribution in [1.82, 2.24) is 14.7 Å². The minimum absolute atomic E-state index is 0.127. The van der Waals surface area contributed by atoms with Gasteiger partial charge in [0, 0.05) is 59.4 Å². The predicted molar refractivity (Wildman–Crippen MR) is 140 cm³/mol. The van der Waals surface area contributed by atoms with E-state index in [4.69, 9.17) is 22.3 Å². The SMILES string of the molecule is CN(CCCCCN1C=CN(C)C1N=Nc1ccc(N(C)C)cc1)C(=O)OC(C)(C)C.O=S(=O)(O)O. The second kappa shape index (κ2) is 14.0. The summed E-state index contributed by atoms with van der Waals surface area (Å²) in [7, 11) is 3.16. The molecular weight excluding hydrogens is 488 g/mol. The lowest BCUT2D eigenvalue weighted by molar-refractivity contribution is 0.0295. The maximum Gasteiger partial charge on any atom is 0.410 e. The zero-order valence-corrected chi connectivity index (χ0v) is 23.0. The number of amides is 1. The molecule has 12 nitrogen and oxygen atoms in total. The topological polar surface area (TPSA) is 139 Å². The molecule has 0 bridgehead atoms. The highest BCUT2D eigenvalue weighted by Gasteiger charge is 2.23. The largest absolute Gasteiger partial charge is 0.444 e. The van der Waals surface area contributed by atoms with Gasteiger partial charge in [0.2, 0.25) is 6.29 Å². The van der Waals surface area contributed by atoms with E-state index < -0.39 is 16.0 Å². The maximum absolute atomic E-state index is 12.0. The summed E-state index contributed by atoms with van der Waals surface area (Å²) in [5, 5.41) is 8.98. The molecule has 0 saturated carbocycles. The molecule has 0 fully saturated rings. The normalized spacial score (nSPS) is 15.6. The Morgan fingerprint density at radius 2 is 1.64 bits per heavy atom. The number of rotatable bonds is 9. The van der Waals surface area contributed by atoms with Crippen LogP contribution in [-0.2, 0) is 15.1 Å². The van der Waals surface area contributed by atoms with Gasteiger partial charge in [0.1, 0.15) is 5.60 Å². The van der Waals surface area contributed by atoms with E-state index in [-0.39, 0.29) is 12.4 Å². The molecule has 1 unspecified atom stereocenters. The molecule has 1 aromatic rings. The van der Waals surface area contributed by atoms with Gasteiger partial charge in [0.15, 0.2) is 0 Å². The molecular formula is C23H40N6O6S. The Morgan fingerprint density at radius 1 is 1.06 bits per heavy atom. The molecule has 1 aliphatic heterocycles. The van der Waals surface area contributed by atoms with Crippen LogP contribution in [0.4, 0.5) is 16.2 Å². The molecule has 13 heteroatoms. The van der Waals surface area contributed by atoms with Gasteiger partial charge in [-0.15, -0.1) is 5.11 Å². The number of carbonyl (C=O) groups is 1. The Labute approximate surface area is 214 Å². The van der Waals surface area contributed by atoms with Crippen LogP contribution >= 0.6 is 0 Å². The third kappa shape index (κ3) is 13.3. The zero-order valence-electron chi connectivity index (χ0n) is 22.2. The van der Waals surface area contributed by atoms with Crippen molar-refractivity contribution >= 4 is 27.9 Å². The third-order valence-corrected chi connectivity index (χ3v) is 4.91. The zero-order chi connectivity index (χ0) is 27.5. The first-order valence-corrected chi connectivity index (χ1v) is 12.9. The molecule has 1 aliphatic rings. The monoisotopic (exact) mass is 528 g/mol. The van der Waals surface area contributed by atoms with E-state index in [1.54, 1.807) is 11.9 Å². The Bertz CT molecular complexity index is 968. The van der Waals surface area contributed by atoms with E-state index in [0.717, 1.165) is 37.2 Å². The fraction of sp³-hybridized carbons (Fsp3) is 0.609. The quantitative estimate of drug-likeness (QED) is 0.274. The van der Waals surface area contributed by atoms with E-state index in [1.165, 1.54) is 0 Å². The van der Waals surface area contributed by atoms with E-state index in [0.29, 0.717) is 6.54 Å². The Morgan fingerprint density at radius 3 is 2.17 bits per heavy atom. The van der Waals surface area contributed by atoms with Gasteiger partial charge in [0.05, 0.1) is 5.69 Å². The number of hydrogen-bond donors (Lipinski definition) is 2. The highest BCUT2D eigenvalue weighted by Crippen LogP contribution is 2.22. The summed E-state index contributed by atoms with van der Waals surface area (Å²) in [6.07, 6.45) is 6.67. The van der Waals surface area contributed by atoms with Crippen LogP contribution in [0.15, 0.2) is 46.9 Å². The van der Waals surface area contributed by atoms with Crippen molar-refractivity contribution in [2.45, 2.75) is 51.9 Å². The van der Waals surface area contributed by atoms with Gasteiger partial charge < -0.3 is 24.3 Å². The van der Waals surface area contributed by atoms with Crippen molar-refractivity contribution in [2.24, 2.45) is 10.2 Å². The summed E-state index contributed by atoms with van der Waals surface area (Å²) in [4.78, 5) is 20.0. The van der Waals surface area contributed by atoms with Gasteiger partial charge in [-0.3, -0.25) is 9.11 Å². The van der Waals surface area contributed by atoms with Crippen molar-refractivity contribution in [1.29, 1.82) is 0 Å². The van der Waals surface area contributed by atoms with Crippen LogP contribution in [0.25, 0.3) is 0 Å². The minimum atomic E-state index is -4.67. The van der Waals surface area contributed by atoms with Crippen LogP contribution in [0.5, 0.6) is 0 Å². The lowest BCUT2D eigenvalue weighted by Crippen LogP contribution is -2.35. The first kappa shape index (κ1) is 31.1. The lowest BCUT2D eigenvalue weighted by atomic mass is 10.2. The molecule has 2 N–H and O–H groups in total. The smallest absolute Gasteiger partial charge is 0.410 e. The summed E-state index contributed by atoms with van der Waals surface area (Å²) >= 11 is 0. The molecule has 1 aromatic carbocycles. The third-order valence-electron chi connectivity index (χ3n) is 4.91. The first-order valence-electron chi connectivity index (χ1n) is 11.5. The summed E-state index contributed by atoms with van der Waals surface area (Å²) in [6.45, 7) is 7.22. The van der Waals surface area contributed by atoms with Crippen LogP contribution < -0.4 is 4.90 Å². The molecule has 204 valence electrons. The van der Waals surface area contributed by atoms with E-state index >= 15 is 0 Å². The Kier molecular flexibility index (Phi) is 12.1. The summed E-state index contributed by atoms with van der Waals surface area (Å²) < 4.78 is 37.0. The molecule has 0 aromatic heterocycles. The van der Waals surface area contributed by atoms with Crippen LogP contribution in [0, 0.1) is 0 Å². The Hall–Kier alpha value is -2.90. The van der Waals surface area contributed by atoms with Crippen molar-refractivity contribution in [3.63, 3.8) is 0 Å². The molecule has 1 amide bonds. The van der Waals surface area contributed by atoms with Gasteiger partial charge in [-0.05, 0) is 64.3 Å². The van der Waals surface area contributed by atoms with Crippen LogP contribution in [0.2, 0.25) is 0 Å². The molecule has 1 heterocycles. The first-order chi connectivity index (χ1) is 16.6. The number of ether oxygens (including phenoxy) is 1. The average Bonchev–Trinajstić information content (AvgIpc) is 3.09. The van der Waals surface area contributed by atoms with Crippen molar-refractivity contribution in [3.05, 3.63) is 36.7 Å². The molecule has 36 heavy (non-hydrogen) atoms. The van der Waals surface area contributed by atoms with Crippen molar-refractivity contribution in [2.75, 3.05) is 46.2 Å². The lowest BCUT2D eigenvalue weighted by Gasteiger charge is -2.26. The second-order valence-corrected chi connectivity index (χ2v) is 10.5. The fourth-order valence-electron chi connectivity index (χ4n) is 3.10. The number of unbranched alkanes of at least 4 members (excludes halogenated alkanes) is 2. The summed E-state index contributed by atoms with van der Waals surface area (Å²) in [6, 6.07) is 8.04. The summed E-state index contributed by atoms with van der Waals surface area (Å²) in [5.41, 5.74) is 1.52. The number of hydrogen-bond acceptors (Lipinski definition) is 9. The van der Waals surface area contributed by atoms with Gasteiger partial charge in [-0.25, -0.2) is 4.79 Å². The van der Waals surface area contributed by atoms with E-state index in [9.17, 15) is 4.79 Å². The van der Waals surface area contributed by atoms with Gasteiger partial charge in [0.25, 0.3) is 0 Å². The molecule has 1 atom stereocenters. The fourth-order valence-corrected chi connectivity index (χ4v) is 3.10. The number of carbonyl (C=O) groups excluding carboxylic acids is 1. The maximum atomic E-state index is 12.0. The standard InChI is InChI=1S/C23H38N6O2.H2O4S/c1-23(2,3)31-22(30)28(7)15-9-8-10-16-29-18-17-27(6)21(29)25-24-19-11-13-20(14-12-19)26(4)5;1-5(2,3)4/h11-14,17-18,21H,8-10,15-16H2,1-7H3;(H2,1,2,3,4). The van der Waals surface area contributed by atoms with Gasteiger partial charge in [-0.1, -0.05) is 0 Å². The van der Waals surface area contributed by atoms with Crippen molar-refractivity contribution < 1.29 is 27.1 Å². The number of anilines is 1. The molecule has 2 rings (SSSR count). The van der Waals surface area contributed by atoms with Crippen molar-refractivity contribution in [3.8, 4) is 0 Å². The van der Waals surface area contributed by atoms with E-state index in [2.05, 4.69) is 26.2 Å². The highest BCUT2D eigenvalue weighted by molar-refractivity contribution is 7.79. The van der Waals surface area contributed by atoms with Gasteiger partial charge >= 0.3 is 16.5 Å². The van der Waals surface area contributed by atoms with Gasteiger partial charge in [-0.2, -0.15) is 13.5 Å². The second-order valence-electron chi connectivity index (χ2n) is 9.58. The Balaban J connectivity index is 0.00000118. The molecule has 0 spiro atoms. The number of nitrogens with zero attached hydrogens (tertiary/aromatic N) is 6. The predicted octanol–water partition coefficient (Wildman–Crippen LogP) is 4.22. The highest BCUT2D eigenvalue weighted by atomic mass is 32.3. The number of azo groups is 1. The molecule has 0 saturated heterocycles. The van der Waals surface area contributed by atoms with Crippen LogP contribution in [-0.4, -0.2) is 91.5 Å². The molecule has 0 radical (unpaired) electrons. The summed E-state index contributed by atoms with van der Waals surface area (Å²) in [5.74, 6) is 0.